The topological polar surface area (TPSA) is 84.1 Å². The second-order valence-corrected chi connectivity index (χ2v) is 2.09. The fraction of sp³-hybridized carbons (Fsp3) is 0.600. The SMILES string of the molecule is N#CC(O)(CCl)CC(=O)[O-].[K+]. The molecule has 11 heavy (non-hydrogen) atoms. The molecule has 0 aliphatic rings. The fourth-order valence-corrected chi connectivity index (χ4v) is 0.510. The first-order valence-corrected chi connectivity index (χ1v) is 2.97. The quantitative estimate of drug-likeness (QED) is 0.284. The second kappa shape index (κ2) is 6.37. The summed E-state index contributed by atoms with van der Waals surface area (Å²) in [6.45, 7) is 0. The molecule has 56 valence electrons. The number of hydrogen-bond donors (Lipinski definition) is 1. The average Bonchev–Trinajstić information content (AvgIpc) is 1.87. The van der Waals surface area contributed by atoms with E-state index in [9.17, 15) is 9.90 Å². The van der Waals surface area contributed by atoms with Gasteiger partial charge in [-0.25, -0.2) is 0 Å². The molecule has 0 amide bonds. The van der Waals surface area contributed by atoms with E-state index in [1.54, 1.807) is 0 Å². The van der Waals surface area contributed by atoms with E-state index in [1.165, 1.54) is 6.07 Å². The summed E-state index contributed by atoms with van der Waals surface area (Å²) in [5.74, 6) is -1.93. The molecule has 1 N–H and O–H groups in total. The van der Waals surface area contributed by atoms with Crippen molar-refractivity contribution in [1.29, 1.82) is 5.26 Å². The molecule has 0 heterocycles. The Morgan fingerprint density at radius 1 is 1.82 bits per heavy atom. The monoisotopic (exact) mass is 201 g/mol. The van der Waals surface area contributed by atoms with Gasteiger partial charge in [-0.05, 0) is 0 Å². The van der Waals surface area contributed by atoms with Crippen LogP contribution in [0.3, 0.4) is 0 Å². The minimum Gasteiger partial charge on any atom is -0.550 e. The van der Waals surface area contributed by atoms with E-state index in [2.05, 4.69) is 0 Å². The normalized spacial score (nSPS) is 13.9. The van der Waals surface area contributed by atoms with E-state index in [0.717, 1.165) is 0 Å². The van der Waals surface area contributed by atoms with Crippen LogP contribution in [-0.4, -0.2) is 22.6 Å². The maximum absolute atomic E-state index is 9.85. The van der Waals surface area contributed by atoms with Gasteiger partial charge in [0.05, 0.1) is 11.9 Å². The van der Waals surface area contributed by atoms with Gasteiger partial charge in [0, 0.05) is 12.4 Å². The van der Waals surface area contributed by atoms with Crippen molar-refractivity contribution in [3.05, 3.63) is 0 Å². The number of aliphatic hydroxyl groups is 1. The van der Waals surface area contributed by atoms with Crippen LogP contribution in [0.25, 0.3) is 0 Å². The maximum Gasteiger partial charge on any atom is 1.00 e. The van der Waals surface area contributed by atoms with Crippen LogP contribution in [-0.2, 0) is 4.79 Å². The molecule has 6 heteroatoms. The molecule has 0 aromatic rings. The van der Waals surface area contributed by atoms with Crippen molar-refractivity contribution in [2.75, 3.05) is 5.88 Å². The number of carbonyl (C=O) groups excluding carboxylic acids is 1. The van der Waals surface area contributed by atoms with Gasteiger partial charge in [-0.1, -0.05) is 0 Å². The Hall–Kier alpha value is 0.846. The first-order valence-electron chi connectivity index (χ1n) is 2.43. The van der Waals surface area contributed by atoms with Crippen molar-refractivity contribution < 1.29 is 66.4 Å². The predicted octanol–water partition coefficient (Wildman–Crippen LogP) is -4.38. The first-order chi connectivity index (χ1) is 4.54. The van der Waals surface area contributed by atoms with Gasteiger partial charge < -0.3 is 15.0 Å². The van der Waals surface area contributed by atoms with Gasteiger partial charge in [0.1, 0.15) is 0 Å². The smallest absolute Gasteiger partial charge is 0.550 e. The standard InChI is InChI=1S/C5H6ClNO3.K/c6-2-5(10,3-7)1-4(8)9;/h10H,1-2H2,(H,8,9);/q;+1/p-1. The van der Waals surface area contributed by atoms with Gasteiger partial charge in [0.2, 0.25) is 0 Å². The molecule has 0 rings (SSSR count). The summed E-state index contributed by atoms with van der Waals surface area (Å²) in [5, 5.41) is 26.9. The molecule has 1 atom stereocenters. The van der Waals surface area contributed by atoms with Gasteiger partial charge >= 0.3 is 51.4 Å². The van der Waals surface area contributed by atoms with Crippen LogP contribution < -0.4 is 56.5 Å². The largest absolute Gasteiger partial charge is 1.00 e. The number of nitriles is 1. The summed E-state index contributed by atoms with van der Waals surface area (Å²) in [6.07, 6.45) is -0.757. The zero-order valence-corrected chi connectivity index (χ0v) is 9.88. The molecular formula is C5H5ClKNO3. The number of hydrogen-bond acceptors (Lipinski definition) is 4. The Balaban J connectivity index is 0. The minimum atomic E-state index is -1.99. The Labute approximate surface area is 112 Å². The molecule has 0 saturated heterocycles. The van der Waals surface area contributed by atoms with E-state index in [-0.39, 0.29) is 51.4 Å². The Morgan fingerprint density at radius 2 is 2.27 bits per heavy atom. The van der Waals surface area contributed by atoms with E-state index >= 15 is 0 Å². The number of carbonyl (C=O) groups is 1. The third-order valence-corrected chi connectivity index (χ3v) is 1.31. The van der Waals surface area contributed by atoms with Crippen molar-refractivity contribution in [2.24, 2.45) is 0 Å². The van der Waals surface area contributed by atoms with Crippen molar-refractivity contribution in [2.45, 2.75) is 12.0 Å². The van der Waals surface area contributed by atoms with Crippen molar-refractivity contribution in [1.82, 2.24) is 0 Å². The summed E-state index contributed by atoms with van der Waals surface area (Å²) in [4.78, 5) is 9.85. The Kier molecular flexibility index (Phi) is 8.33. The van der Waals surface area contributed by atoms with Gasteiger partial charge in [-0.3, -0.25) is 0 Å². The molecule has 0 saturated carbocycles. The van der Waals surface area contributed by atoms with E-state index in [4.69, 9.17) is 22.0 Å². The van der Waals surface area contributed by atoms with E-state index in [0.29, 0.717) is 0 Å². The van der Waals surface area contributed by atoms with Gasteiger partial charge in [0.25, 0.3) is 0 Å². The maximum atomic E-state index is 9.85. The van der Waals surface area contributed by atoms with Gasteiger partial charge in [-0.15, -0.1) is 11.6 Å². The van der Waals surface area contributed by atoms with Crippen LogP contribution in [0, 0.1) is 11.3 Å². The van der Waals surface area contributed by atoms with Crippen LogP contribution in [0.5, 0.6) is 0 Å². The van der Waals surface area contributed by atoms with E-state index < -0.39 is 23.9 Å². The second-order valence-electron chi connectivity index (χ2n) is 1.83. The molecule has 0 aliphatic heterocycles. The molecule has 1 unspecified atom stereocenters. The number of rotatable bonds is 3. The van der Waals surface area contributed by atoms with Crippen LogP contribution >= 0.6 is 11.6 Å². The molecule has 0 aromatic heterocycles. The molecule has 0 radical (unpaired) electrons. The van der Waals surface area contributed by atoms with Crippen LogP contribution in [0.2, 0.25) is 0 Å². The van der Waals surface area contributed by atoms with Crippen molar-refractivity contribution in [3.63, 3.8) is 0 Å². The van der Waals surface area contributed by atoms with Crippen LogP contribution in [0.15, 0.2) is 0 Å². The summed E-state index contributed by atoms with van der Waals surface area (Å²) < 4.78 is 0. The number of halogens is 1. The number of carboxylic acids is 1. The molecule has 4 nitrogen and oxygen atoms in total. The molecule has 0 bridgehead atoms. The molecular weight excluding hydrogens is 197 g/mol. The molecule has 0 fully saturated rings. The number of nitrogens with zero attached hydrogens (tertiary/aromatic N) is 1. The van der Waals surface area contributed by atoms with Crippen molar-refractivity contribution >= 4 is 17.6 Å². The minimum absolute atomic E-state index is 0. The van der Waals surface area contributed by atoms with Crippen LogP contribution in [0.4, 0.5) is 0 Å². The van der Waals surface area contributed by atoms with E-state index in [1.807, 2.05) is 0 Å². The Morgan fingerprint density at radius 3 is 2.36 bits per heavy atom. The zero-order chi connectivity index (χ0) is 8.20. The number of carboxylic acid groups (broad SMARTS) is 1. The molecule has 0 spiro atoms. The third kappa shape index (κ3) is 6.05. The van der Waals surface area contributed by atoms with Gasteiger partial charge in [-0.2, -0.15) is 5.26 Å². The predicted molar refractivity (Wildman–Crippen MR) is 30.9 cm³/mol. The van der Waals surface area contributed by atoms with Gasteiger partial charge in [0.15, 0.2) is 5.60 Å². The summed E-state index contributed by atoms with van der Waals surface area (Å²) >= 11 is 5.09. The first kappa shape index (κ1) is 14.4. The molecule has 0 aliphatic carbocycles. The summed E-state index contributed by atoms with van der Waals surface area (Å²) in [6, 6.07) is 1.36. The summed E-state index contributed by atoms with van der Waals surface area (Å²) in [7, 11) is 0. The summed E-state index contributed by atoms with van der Waals surface area (Å²) in [5.41, 5.74) is -1.99. The van der Waals surface area contributed by atoms with Crippen LogP contribution in [0.1, 0.15) is 6.42 Å². The average molecular weight is 202 g/mol. The Bertz CT molecular complexity index is 181. The molecule has 0 aromatic carbocycles. The van der Waals surface area contributed by atoms with Crippen molar-refractivity contribution in [3.8, 4) is 6.07 Å². The number of alkyl halides is 1. The fourth-order valence-electron chi connectivity index (χ4n) is 0.355. The zero-order valence-electron chi connectivity index (χ0n) is 6.00. The third-order valence-electron chi connectivity index (χ3n) is 0.866. The number of aliphatic carboxylic acids is 1.